The van der Waals surface area contributed by atoms with E-state index in [1.54, 1.807) is 6.92 Å². The van der Waals surface area contributed by atoms with E-state index in [0.717, 1.165) is 23.2 Å². The predicted octanol–water partition coefficient (Wildman–Crippen LogP) is 4.71. The molecule has 0 aliphatic carbocycles. The van der Waals surface area contributed by atoms with E-state index in [0.29, 0.717) is 10.8 Å². The molecule has 0 saturated heterocycles. The van der Waals surface area contributed by atoms with Crippen molar-refractivity contribution in [3.63, 3.8) is 0 Å². The summed E-state index contributed by atoms with van der Waals surface area (Å²) in [4.78, 5) is 16.8. The normalized spacial score (nSPS) is 13.0. The molecule has 3 rings (SSSR count). The monoisotopic (exact) mass is 379 g/mol. The summed E-state index contributed by atoms with van der Waals surface area (Å²) in [5.74, 6) is -0.304. The predicted molar refractivity (Wildman–Crippen MR) is 96.1 cm³/mol. The number of anilines is 1. The molecule has 1 heterocycles. The molecule has 0 bridgehead atoms. The van der Waals surface area contributed by atoms with Crippen molar-refractivity contribution in [1.82, 2.24) is 9.55 Å². The van der Waals surface area contributed by atoms with Gasteiger partial charge >= 0.3 is 6.18 Å². The lowest BCUT2D eigenvalue weighted by atomic mass is 10.2. The van der Waals surface area contributed by atoms with E-state index >= 15 is 0 Å². The van der Waals surface area contributed by atoms with Crippen LogP contribution in [0.15, 0.2) is 53.7 Å². The van der Waals surface area contributed by atoms with Crippen LogP contribution >= 0.6 is 11.8 Å². The average Bonchev–Trinajstić information content (AvgIpc) is 2.91. The molecule has 3 aromatic rings. The number of nitrogens with one attached hydrogen (secondary N) is 1. The Morgan fingerprint density at radius 2 is 1.81 bits per heavy atom. The number of benzene rings is 2. The van der Waals surface area contributed by atoms with Crippen molar-refractivity contribution in [3.05, 3.63) is 54.1 Å². The van der Waals surface area contributed by atoms with Crippen LogP contribution < -0.4 is 5.32 Å². The summed E-state index contributed by atoms with van der Waals surface area (Å²) in [6.07, 6.45) is -4.40. The summed E-state index contributed by atoms with van der Waals surface area (Å²) in [5.41, 5.74) is 1.37. The first kappa shape index (κ1) is 18.3. The van der Waals surface area contributed by atoms with Crippen LogP contribution in [-0.2, 0) is 18.0 Å². The number of para-hydroxylation sites is 2. The maximum atomic E-state index is 12.6. The molecule has 0 fully saturated rings. The number of hydrogen-bond acceptors (Lipinski definition) is 3. The van der Waals surface area contributed by atoms with Crippen LogP contribution in [0.1, 0.15) is 12.5 Å². The minimum absolute atomic E-state index is 0.304. The van der Waals surface area contributed by atoms with Crippen molar-refractivity contribution < 1.29 is 18.0 Å². The number of fused-ring (bicyclic) bond motifs is 1. The number of carbonyl (C=O) groups is 1. The van der Waals surface area contributed by atoms with E-state index < -0.39 is 17.0 Å². The quantitative estimate of drug-likeness (QED) is 0.668. The molecule has 1 atom stereocenters. The van der Waals surface area contributed by atoms with E-state index in [4.69, 9.17) is 0 Å². The average molecular weight is 379 g/mol. The van der Waals surface area contributed by atoms with Gasteiger partial charge in [0, 0.05) is 12.7 Å². The highest BCUT2D eigenvalue weighted by Gasteiger charge is 2.30. The van der Waals surface area contributed by atoms with E-state index in [1.165, 1.54) is 23.9 Å². The van der Waals surface area contributed by atoms with Gasteiger partial charge in [-0.05, 0) is 43.3 Å². The third-order valence-corrected chi connectivity index (χ3v) is 5.02. The summed E-state index contributed by atoms with van der Waals surface area (Å²) >= 11 is 1.29. The van der Waals surface area contributed by atoms with Crippen LogP contribution in [0.5, 0.6) is 0 Å². The number of nitrogens with zero attached hydrogens (tertiary/aromatic N) is 2. The first-order valence-corrected chi connectivity index (χ1v) is 8.70. The summed E-state index contributed by atoms with van der Waals surface area (Å²) in [6.45, 7) is 1.73. The molecular formula is C18H16F3N3OS. The standard InChI is InChI=1S/C18H16F3N3OS/c1-11(26-17-23-14-5-3-4-6-15(14)24(17)2)16(25)22-13-9-7-12(8-10-13)18(19,20)21/h3-11H,1-2H3,(H,22,25)/t11-/m0/s1. The fourth-order valence-corrected chi connectivity index (χ4v) is 3.32. The summed E-state index contributed by atoms with van der Waals surface area (Å²) in [5, 5.41) is 2.86. The number of rotatable bonds is 4. The van der Waals surface area contributed by atoms with Crippen LogP contribution in [0.4, 0.5) is 18.9 Å². The van der Waals surface area contributed by atoms with Crippen molar-refractivity contribution in [1.29, 1.82) is 0 Å². The second-order valence-electron chi connectivity index (χ2n) is 5.77. The Morgan fingerprint density at radius 3 is 2.42 bits per heavy atom. The van der Waals surface area contributed by atoms with Gasteiger partial charge in [-0.25, -0.2) is 4.98 Å². The second kappa shape index (κ2) is 7.03. The van der Waals surface area contributed by atoms with E-state index in [-0.39, 0.29) is 5.91 Å². The van der Waals surface area contributed by atoms with Gasteiger partial charge in [-0.15, -0.1) is 0 Å². The van der Waals surface area contributed by atoms with Crippen LogP contribution in [-0.4, -0.2) is 20.7 Å². The van der Waals surface area contributed by atoms with Gasteiger partial charge in [0.15, 0.2) is 5.16 Å². The lowest BCUT2D eigenvalue weighted by Crippen LogP contribution is -2.22. The highest BCUT2D eigenvalue weighted by molar-refractivity contribution is 8.00. The molecular weight excluding hydrogens is 363 g/mol. The zero-order valence-electron chi connectivity index (χ0n) is 14.0. The van der Waals surface area contributed by atoms with Gasteiger partial charge in [0.1, 0.15) is 0 Å². The van der Waals surface area contributed by atoms with Crippen molar-refractivity contribution in [2.75, 3.05) is 5.32 Å². The number of aryl methyl sites for hydroxylation is 1. The largest absolute Gasteiger partial charge is 0.416 e. The zero-order chi connectivity index (χ0) is 18.9. The van der Waals surface area contributed by atoms with Crippen LogP contribution in [0.25, 0.3) is 11.0 Å². The minimum atomic E-state index is -4.40. The molecule has 0 saturated carbocycles. The lowest BCUT2D eigenvalue weighted by molar-refractivity contribution is -0.137. The van der Waals surface area contributed by atoms with Gasteiger partial charge in [-0.2, -0.15) is 13.2 Å². The molecule has 0 aliphatic heterocycles. The van der Waals surface area contributed by atoms with Gasteiger partial charge in [-0.1, -0.05) is 23.9 Å². The first-order chi connectivity index (χ1) is 12.3. The Hall–Kier alpha value is -2.48. The van der Waals surface area contributed by atoms with Gasteiger partial charge in [0.05, 0.1) is 21.8 Å². The molecule has 26 heavy (non-hydrogen) atoms. The Bertz CT molecular complexity index is 935. The zero-order valence-corrected chi connectivity index (χ0v) is 14.9. The minimum Gasteiger partial charge on any atom is -0.325 e. The highest BCUT2D eigenvalue weighted by atomic mass is 32.2. The topological polar surface area (TPSA) is 46.9 Å². The lowest BCUT2D eigenvalue weighted by Gasteiger charge is -2.12. The third kappa shape index (κ3) is 3.85. The molecule has 1 N–H and O–H groups in total. The molecule has 0 spiro atoms. The smallest absolute Gasteiger partial charge is 0.325 e. The SMILES string of the molecule is C[C@H](Sc1nc2ccccc2n1C)C(=O)Nc1ccc(C(F)(F)F)cc1. The van der Waals surface area contributed by atoms with Crippen LogP contribution in [0.2, 0.25) is 0 Å². The molecule has 2 aromatic carbocycles. The Morgan fingerprint density at radius 1 is 1.15 bits per heavy atom. The molecule has 1 amide bonds. The molecule has 0 unspecified atom stereocenters. The van der Waals surface area contributed by atoms with Gasteiger partial charge in [-0.3, -0.25) is 4.79 Å². The van der Waals surface area contributed by atoms with Crippen molar-refractivity contribution in [2.45, 2.75) is 23.5 Å². The van der Waals surface area contributed by atoms with Crippen molar-refractivity contribution >= 4 is 34.4 Å². The number of amides is 1. The van der Waals surface area contributed by atoms with Gasteiger partial charge < -0.3 is 9.88 Å². The van der Waals surface area contributed by atoms with E-state index in [9.17, 15) is 18.0 Å². The molecule has 4 nitrogen and oxygen atoms in total. The molecule has 0 radical (unpaired) electrons. The summed E-state index contributed by atoms with van der Waals surface area (Å²) < 4.78 is 39.6. The fraction of sp³-hybridized carbons (Fsp3) is 0.222. The molecule has 136 valence electrons. The Balaban J connectivity index is 1.68. The molecule has 8 heteroatoms. The number of imidazole rings is 1. The number of aromatic nitrogens is 2. The Kier molecular flexibility index (Phi) is 4.95. The van der Waals surface area contributed by atoms with Crippen molar-refractivity contribution in [3.8, 4) is 0 Å². The number of alkyl halides is 3. The maximum Gasteiger partial charge on any atom is 0.416 e. The first-order valence-electron chi connectivity index (χ1n) is 7.82. The fourth-order valence-electron chi connectivity index (χ4n) is 2.43. The number of carbonyl (C=O) groups excluding carboxylic acids is 1. The Labute approximate surface area is 152 Å². The summed E-state index contributed by atoms with van der Waals surface area (Å²) in [6, 6.07) is 12.0. The maximum absolute atomic E-state index is 12.6. The van der Waals surface area contributed by atoms with Gasteiger partial charge in [0.2, 0.25) is 5.91 Å². The van der Waals surface area contributed by atoms with Crippen molar-refractivity contribution in [2.24, 2.45) is 7.05 Å². The summed E-state index contributed by atoms with van der Waals surface area (Å²) in [7, 11) is 1.87. The van der Waals surface area contributed by atoms with Crippen LogP contribution in [0, 0.1) is 0 Å². The third-order valence-electron chi connectivity index (χ3n) is 3.88. The number of halogens is 3. The van der Waals surface area contributed by atoms with Crippen LogP contribution in [0.3, 0.4) is 0 Å². The number of hydrogen-bond donors (Lipinski definition) is 1. The molecule has 0 aliphatic rings. The highest BCUT2D eigenvalue weighted by Crippen LogP contribution is 2.30. The second-order valence-corrected chi connectivity index (χ2v) is 7.07. The van der Waals surface area contributed by atoms with E-state index in [2.05, 4.69) is 10.3 Å². The number of thioether (sulfide) groups is 1. The molecule has 1 aromatic heterocycles. The van der Waals surface area contributed by atoms with E-state index in [1.807, 2.05) is 35.9 Å². The van der Waals surface area contributed by atoms with Gasteiger partial charge in [0.25, 0.3) is 0 Å².